The minimum Gasteiger partial charge on any atom is -0.507 e. The van der Waals surface area contributed by atoms with Crippen LogP contribution in [0.5, 0.6) is 5.75 Å². The van der Waals surface area contributed by atoms with E-state index in [9.17, 15) is 9.90 Å². The molecule has 0 heterocycles. The van der Waals surface area contributed by atoms with Crippen molar-refractivity contribution in [1.29, 1.82) is 5.26 Å². The van der Waals surface area contributed by atoms with Crippen molar-refractivity contribution in [2.24, 2.45) is 0 Å². The summed E-state index contributed by atoms with van der Waals surface area (Å²) in [6, 6.07) is 11.4. The van der Waals surface area contributed by atoms with Crippen LogP contribution in [0.3, 0.4) is 0 Å². The summed E-state index contributed by atoms with van der Waals surface area (Å²) in [6.45, 7) is 0. The van der Waals surface area contributed by atoms with Crippen LogP contribution in [0.2, 0.25) is 0 Å². The average molecular weight is 197 g/mol. The molecule has 3 nitrogen and oxygen atoms in total. The van der Waals surface area contributed by atoms with E-state index in [1.165, 1.54) is 12.1 Å². The van der Waals surface area contributed by atoms with Crippen molar-refractivity contribution in [3.63, 3.8) is 0 Å². The molecule has 15 heavy (non-hydrogen) atoms. The summed E-state index contributed by atoms with van der Waals surface area (Å²) in [6.07, 6.45) is 0. The standard InChI is InChI=1S/C12H7NO2/c13-7-12(15)10-5-6-11(14)9-4-2-1-3-8(9)10/h1-6,14H. The first-order valence-corrected chi connectivity index (χ1v) is 4.39. The summed E-state index contributed by atoms with van der Waals surface area (Å²) in [4.78, 5) is 11.3. The van der Waals surface area contributed by atoms with Gasteiger partial charge < -0.3 is 5.11 Å². The quantitative estimate of drug-likeness (QED) is 0.563. The third-order valence-electron chi connectivity index (χ3n) is 2.25. The van der Waals surface area contributed by atoms with Crippen molar-refractivity contribution < 1.29 is 9.90 Å². The second kappa shape index (κ2) is 3.43. The number of phenolic OH excluding ortho intramolecular Hbond substituents is 1. The van der Waals surface area contributed by atoms with Crippen LogP contribution in [0, 0.1) is 11.3 Å². The molecule has 1 N–H and O–H groups in total. The molecule has 0 fully saturated rings. The first-order valence-electron chi connectivity index (χ1n) is 4.39. The molecule has 0 aliphatic carbocycles. The number of carbonyl (C=O) groups excluding carboxylic acids is 1. The van der Waals surface area contributed by atoms with Gasteiger partial charge in [0.2, 0.25) is 0 Å². The minimum atomic E-state index is -0.591. The van der Waals surface area contributed by atoms with Gasteiger partial charge in [-0.3, -0.25) is 4.79 Å². The van der Waals surface area contributed by atoms with Gasteiger partial charge in [0.1, 0.15) is 11.8 Å². The van der Waals surface area contributed by atoms with Gasteiger partial charge in [0.05, 0.1) is 0 Å². The number of phenols is 1. The van der Waals surface area contributed by atoms with Crippen molar-refractivity contribution >= 4 is 16.6 Å². The van der Waals surface area contributed by atoms with Gasteiger partial charge in [-0.05, 0) is 17.5 Å². The highest BCUT2D eigenvalue weighted by molar-refractivity contribution is 6.16. The zero-order chi connectivity index (χ0) is 10.8. The van der Waals surface area contributed by atoms with E-state index in [2.05, 4.69) is 0 Å². The van der Waals surface area contributed by atoms with E-state index >= 15 is 0 Å². The van der Waals surface area contributed by atoms with Crippen molar-refractivity contribution in [3.8, 4) is 11.8 Å². The average Bonchev–Trinajstić information content (AvgIpc) is 2.29. The molecular formula is C12H7NO2. The van der Waals surface area contributed by atoms with Crippen molar-refractivity contribution in [1.82, 2.24) is 0 Å². The van der Waals surface area contributed by atoms with Crippen LogP contribution in [0.15, 0.2) is 36.4 Å². The maximum Gasteiger partial charge on any atom is 0.262 e. The number of carbonyl (C=O) groups is 1. The molecule has 0 radical (unpaired) electrons. The largest absolute Gasteiger partial charge is 0.507 e. The number of rotatable bonds is 1. The van der Waals surface area contributed by atoms with Gasteiger partial charge in [0, 0.05) is 10.9 Å². The topological polar surface area (TPSA) is 61.1 Å². The summed E-state index contributed by atoms with van der Waals surface area (Å²) >= 11 is 0. The maximum absolute atomic E-state index is 11.3. The molecule has 2 rings (SSSR count). The Morgan fingerprint density at radius 2 is 1.80 bits per heavy atom. The lowest BCUT2D eigenvalue weighted by Gasteiger charge is -2.03. The van der Waals surface area contributed by atoms with Gasteiger partial charge in [0.15, 0.2) is 0 Å². The fraction of sp³-hybridized carbons (Fsp3) is 0. The Kier molecular flexibility index (Phi) is 2.11. The number of Topliss-reactive ketones (excluding diaryl/α,β-unsaturated/α-hetero) is 1. The highest BCUT2D eigenvalue weighted by Gasteiger charge is 2.10. The molecule has 2 aromatic carbocycles. The van der Waals surface area contributed by atoms with Crippen LogP contribution in [0.25, 0.3) is 10.8 Å². The van der Waals surface area contributed by atoms with E-state index in [1.54, 1.807) is 30.3 Å². The maximum atomic E-state index is 11.3. The van der Waals surface area contributed by atoms with Crippen LogP contribution >= 0.6 is 0 Å². The van der Waals surface area contributed by atoms with Crippen molar-refractivity contribution in [2.75, 3.05) is 0 Å². The van der Waals surface area contributed by atoms with Crippen molar-refractivity contribution in [2.45, 2.75) is 0 Å². The SMILES string of the molecule is N#CC(=O)c1ccc(O)c2ccccc12. The molecule has 0 aromatic heterocycles. The van der Waals surface area contributed by atoms with Gasteiger partial charge in [-0.2, -0.15) is 5.26 Å². The van der Waals surface area contributed by atoms with E-state index < -0.39 is 5.78 Å². The minimum absolute atomic E-state index is 0.111. The van der Waals surface area contributed by atoms with Crippen LogP contribution in [0.1, 0.15) is 10.4 Å². The van der Waals surface area contributed by atoms with Crippen LogP contribution in [-0.4, -0.2) is 10.9 Å². The Hall–Kier alpha value is -2.34. The molecule has 0 amide bonds. The number of hydrogen-bond acceptors (Lipinski definition) is 3. The third-order valence-corrected chi connectivity index (χ3v) is 2.25. The summed E-state index contributed by atoms with van der Waals surface area (Å²) in [7, 11) is 0. The first-order chi connectivity index (χ1) is 7.24. The lowest BCUT2D eigenvalue weighted by atomic mass is 10.0. The number of aromatic hydroxyl groups is 1. The van der Waals surface area contributed by atoms with E-state index in [4.69, 9.17) is 5.26 Å². The Labute approximate surface area is 86.2 Å². The number of fused-ring (bicyclic) bond motifs is 1. The molecule has 0 saturated heterocycles. The molecule has 72 valence electrons. The van der Waals surface area contributed by atoms with E-state index in [0.717, 1.165) is 0 Å². The third kappa shape index (κ3) is 1.42. The lowest BCUT2D eigenvalue weighted by molar-refractivity contribution is 0.105. The summed E-state index contributed by atoms with van der Waals surface area (Å²) in [5.74, 6) is -0.480. The zero-order valence-electron chi connectivity index (χ0n) is 7.77. The van der Waals surface area contributed by atoms with Gasteiger partial charge in [-0.15, -0.1) is 0 Å². The number of ketones is 1. The molecule has 0 atom stereocenters. The second-order valence-electron chi connectivity index (χ2n) is 3.12. The number of benzene rings is 2. The Balaban J connectivity index is 2.84. The monoisotopic (exact) mass is 197 g/mol. The van der Waals surface area contributed by atoms with Crippen LogP contribution in [0.4, 0.5) is 0 Å². The molecule has 2 aromatic rings. The molecule has 0 aliphatic heterocycles. The van der Waals surface area contributed by atoms with Gasteiger partial charge in [0.25, 0.3) is 5.78 Å². The van der Waals surface area contributed by atoms with Gasteiger partial charge in [-0.1, -0.05) is 24.3 Å². The summed E-state index contributed by atoms with van der Waals surface area (Å²) < 4.78 is 0. The highest BCUT2D eigenvalue weighted by Crippen LogP contribution is 2.27. The summed E-state index contributed by atoms with van der Waals surface area (Å²) in [5, 5.41) is 19.3. The predicted molar refractivity (Wildman–Crippen MR) is 55.6 cm³/mol. The predicted octanol–water partition coefficient (Wildman–Crippen LogP) is 2.25. The molecule has 0 saturated carbocycles. The fourth-order valence-corrected chi connectivity index (χ4v) is 1.54. The Bertz CT molecular complexity index is 582. The Morgan fingerprint density at radius 3 is 2.47 bits per heavy atom. The number of nitrogens with zero attached hydrogens (tertiary/aromatic N) is 1. The van der Waals surface area contributed by atoms with Gasteiger partial charge >= 0.3 is 0 Å². The smallest absolute Gasteiger partial charge is 0.262 e. The van der Waals surface area contributed by atoms with E-state index in [1.807, 2.05) is 0 Å². The molecular weight excluding hydrogens is 190 g/mol. The normalized spacial score (nSPS) is 9.80. The van der Waals surface area contributed by atoms with E-state index in [0.29, 0.717) is 16.3 Å². The molecule has 3 heteroatoms. The highest BCUT2D eigenvalue weighted by atomic mass is 16.3. The molecule has 0 spiro atoms. The zero-order valence-corrected chi connectivity index (χ0v) is 7.77. The van der Waals surface area contributed by atoms with Gasteiger partial charge in [-0.25, -0.2) is 0 Å². The first kappa shape index (κ1) is 9.22. The molecule has 0 unspecified atom stereocenters. The van der Waals surface area contributed by atoms with Crippen LogP contribution < -0.4 is 0 Å². The number of nitriles is 1. The number of hydrogen-bond donors (Lipinski definition) is 1. The fourth-order valence-electron chi connectivity index (χ4n) is 1.54. The Morgan fingerprint density at radius 1 is 1.13 bits per heavy atom. The molecule has 0 bridgehead atoms. The summed E-state index contributed by atoms with van der Waals surface area (Å²) in [5.41, 5.74) is 0.325. The van der Waals surface area contributed by atoms with E-state index in [-0.39, 0.29) is 5.75 Å². The second-order valence-corrected chi connectivity index (χ2v) is 3.12. The lowest BCUT2D eigenvalue weighted by Crippen LogP contribution is -1.95. The molecule has 0 aliphatic rings. The van der Waals surface area contributed by atoms with Crippen molar-refractivity contribution in [3.05, 3.63) is 42.0 Å². The van der Waals surface area contributed by atoms with Crippen LogP contribution in [-0.2, 0) is 0 Å².